The fraction of sp³-hybridized carbons (Fsp3) is 1.00. The Bertz CT molecular complexity index is 153. The second-order valence-corrected chi connectivity index (χ2v) is 8.20. The van der Waals surface area contributed by atoms with Crippen molar-refractivity contribution >= 4 is 8.96 Å². The Kier molecular flexibility index (Phi) is 3.66. The first-order valence-corrected chi connectivity index (χ1v) is 9.39. The van der Waals surface area contributed by atoms with Gasteiger partial charge in [0.15, 0.2) is 0 Å². The highest BCUT2D eigenvalue weighted by atomic mass is 28.3. The van der Waals surface area contributed by atoms with Gasteiger partial charge in [0.2, 0.25) is 0 Å². The van der Waals surface area contributed by atoms with Gasteiger partial charge in [0.05, 0.1) is 0 Å². The number of nitrogens with zero attached hydrogens (tertiary/aromatic N) is 1. The van der Waals surface area contributed by atoms with Gasteiger partial charge in [-0.1, -0.05) is 38.8 Å². The van der Waals surface area contributed by atoms with Crippen molar-refractivity contribution in [2.45, 2.75) is 76.5 Å². The smallest absolute Gasteiger partial charge is 0.106 e. The van der Waals surface area contributed by atoms with Gasteiger partial charge in [-0.05, 0) is 25.7 Å². The molecule has 2 fully saturated rings. The molecule has 1 nitrogen and oxygen atoms in total. The lowest BCUT2D eigenvalue weighted by atomic mass is 10.2. The van der Waals surface area contributed by atoms with Crippen LogP contribution in [0.2, 0.25) is 13.1 Å². The number of hydrogen-bond donors (Lipinski definition) is 0. The Balaban J connectivity index is 1.98. The highest BCUT2D eigenvalue weighted by molar-refractivity contribution is 6.52. The van der Waals surface area contributed by atoms with Crippen molar-refractivity contribution in [2.75, 3.05) is 0 Å². The predicted octanol–water partition coefficient (Wildman–Crippen LogP) is 3.16. The van der Waals surface area contributed by atoms with Crippen molar-refractivity contribution in [1.29, 1.82) is 0 Å². The third-order valence-electron chi connectivity index (χ3n) is 4.09. The number of hydrogen-bond acceptors (Lipinski definition) is 1. The summed E-state index contributed by atoms with van der Waals surface area (Å²) in [5.41, 5.74) is 0. The average Bonchev–Trinajstić information content (AvgIpc) is 2.75. The molecule has 0 N–H and O–H groups in total. The lowest BCUT2D eigenvalue weighted by Gasteiger charge is -2.37. The lowest BCUT2D eigenvalue weighted by molar-refractivity contribution is 0.251. The SMILES string of the molecule is C[SiH](C)N(C1CCCC1)C1CCCC1. The maximum absolute atomic E-state index is 2.99. The largest absolute Gasteiger partial charge is 0.321 e. The minimum absolute atomic E-state index is 0.558. The third kappa shape index (κ3) is 2.22. The maximum atomic E-state index is 2.99. The van der Waals surface area contributed by atoms with E-state index in [2.05, 4.69) is 17.7 Å². The monoisotopic (exact) mass is 211 g/mol. The van der Waals surface area contributed by atoms with E-state index in [9.17, 15) is 0 Å². The predicted molar refractivity (Wildman–Crippen MR) is 65.2 cm³/mol. The molecule has 82 valence electrons. The van der Waals surface area contributed by atoms with Gasteiger partial charge >= 0.3 is 0 Å². The van der Waals surface area contributed by atoms with Gasteiger partial charge < -0.3 is 4.57 Å². The third-order valence-corrected chi connectivity index (χ3v) is 6.12. The first kappa shape index (κ1) is 10.7. The Morgan fingerprint density at radius 1 is 0.786 bits per heavy atom. The van der Waals surface area contributed by atoms with Gasteiger partial charge in [0, 0.05) is 12.1 Å². The van der Waals surface area contributed by atoms with E-state index >= 15 is 0 Å². The molecule has 0 radical (unpaired) electrons. The van der Waals surface area contributed by atoms with Crippen LogP contribution >= 0.6 is 0 Å². The highest BCUT2D eigenvalue weighted by Gasteiger charge is 2.31. The van der Waals surface area contributed by atoms with E-state index in [0.717, 1.165) is 12.1 Å². The van der Waals surface area contributed by atoms with E-state index in [1.165, 1.54) is 51.4 Å². The topological polar surface area (TPSA) is 3.24 Å². The molecular weight excluding hydrogens is 186 g/mol. The molecule has 0 aromatic rings. The summed E-state index contributed by atoms with van der Waals surface area (Å²) in [5.74, 6) is 0. The molecule has 0 unspecified atom stereocenters. The van der Waals surface area contributed by atoms with Crippen LogP contribution in [0.4, 0.5) is 0 Å². The summed E-state index contributed by atoms with van der Waals surface area (Å²) in [6, 6.07) is 1.98. The van der Waals surface area contributed by atoms with Crippen LogP contribution in [0, 0.1) is 0 Å². The van der Waals surface area contributed by atoms with Gasteiger partial charge in [-0.15, -0.1) is 0 Å². The summed E-state index contributed by atoms with van der Waals surface area (Å²) in [5, 5.41) is 0. The normalized spacial score (nSPS) is 25.7. The van der Waals surface area contributed by atoms with E-state index in [-0.39, 0.29) is 0 Å². The zero-order chi connectivity index (χ0) is 9.97. The van der Waals surface area contributed by atoms with Crippen LogP contribution in [0.5, 0.6) is 0 Å². The summed E-state index contributed by atoms with van der Waals surface area (Å²) in [6.45, 7) is 5.05. The van der Waals surface area contributed by atoms with Crippen LogP contribution in [-0.4, -0.2) is 25.6 Å². The molecule has 0 spiro atoms. The number of rotatable bonds is 3. The van der Waals surface area contributed by atoms with Crippen LogP contribution < -0.4 is 0 Å². The minimum atomic E-state index is -0.558. The molecule has 2 rings (SSSR count). The first-order valence-electron chi connectivity index (χ1n) is 6.56. The Labute approximate surface area is 90.6 Å². The quantitative estimate of drug-likeness (QED) is 0.648. The van der Waals surface area contributed by atoms with Crippen LogP contribution in [0.25, 0.3) is 0 Å². The zero-order valence-electron chi connectivity index (χ0n) is 9.84. The molecule has 0 aromatic heterocycles. The van der Waals surface area contributed by atoms with Gasteiger partial charge in [-0.3, -0.25) is 0 Å². The summed E-state index contributed by atoms with van der Waals surface area (Å²) in [4.78, 5) is 0. The molecular formula is C12H25NSi. The van der Waals surface area contributed by atoms with Crippen molar-refractivity contribution in [3.63, 3.8) is 0 Å². The Morgan fingerprint density at radius 2 is 1.14 bits per heavy atom. The molecule has 0 heterocycles. The van der Waals surface area contributed by atoms with Crippen LogP contribution in [0.1, 0.15) is 51.4 Å². The van der Waals surface area contributed by atoms with Crippen LogP contribution in [-0.2, 0) is 0 Å². The second kappa shape index (κ2) is 4.80. The zero-order valence-corrected chi connectivity index (χ0v) is 11.0. The van der Waals surface area contributed by atoms with E-state index in [1.807, 2.05) is 0 Å². The molecule has 14 heavy (non-hydrogen) atoms. The molecule has 0 saturated heterocycles. The van der Waals surface area contributed by atoms with Crippen molar-refractivity contribution in [2.24, 2.45) is 0 Å². The standard InChI is InChI=1S/C12H25NSi/c1-14(2)13(11-7-3-4-8-11)12-9-5-6-10-12/h11-12,14H,3-10H2,1-2H3. The second-order valence-electron chi connectivity index (χ2n) is 5.42. The molecule has 0 atom stereocenters. The summed E-state index contributed by atoms with van der Waals surface area (Å²) in [7, 11) is -0.558. The van der Waals surface area contributed by atoms with E-state index in [4.69, 9.17) is 0 Å². The van der Waals surface area contributed by atoms with Crippen LogP contribution in [0.3, 0.4) is 0 Å². The van der Waals surface area contributed by atoms with E-state index < -0.39 is 8.96 Å². The molecule has 2 heteroatoms. The molecule has 0 amide bonds. The van der Waals surface area contributed by atoms with Crippen LogP contribution in [0.15, 0.2) is 0 Å². The fourth-order valence-electron chi connectivity index (χ4n) is 3.55. The highest BCUT2D eigenvalue weighted by Crippen LogP contribution is 2.32. The fourth-order valence-corrected chi connectivity index (χ4v) is 5.83. The summed E-state index contributed by atoms with van der Waals surface area (Å²) >= 11 is 0. The van der Waals surface area contributed by atoms with Crippen molar-refractivity contribution in [3.05, 3.63) is 0 Å². The summed E-state index contributed by atoms with van der Waals surface area (Å²) < 4.78 is 2.99. The Hall–Kier alpha value is 0.177. The molecule has 0 aromatic carbocycles. The molecule has 2 saturated carbocycles. The minimum Gasteiger partial charge on any atom is -0.321 e. The van der Waals surface area contributed by atoms with Gasteiger partial charge in [0.25, 0.3) is 0 Å². The Morgan fingerprint density at radius 3 is 1.43 bits per heavy atom. The van der Waals surface area contributed by atoms with Gasteiger partial charge in [0.1, 0.15) is 8.96 Å². The molecule has 0 aliphatic heterocycles. The van der Waals surface area contributed by atoms with Crippen molar-refractivity contribution in [3.8, 4) is 0 Å². The van der Waals surface area contributed by atoms with E-state index in [1.54, 1.807) is 0 Å². The van der Waals surface area contributed by atoms with Crippen molar-refractivity contribution < 1.29 is 0 Å². The van der Waals surface area contributed by atoms with Crippen molar-refractivity contribution in [1.82, 2.24) is 4.57 Å². The van der Waals surface area contributed by atoms with E-state index in [0.29, 0.717) is 0 Å². The molecule has 2 aliphatic carbocycles. The summed E-state index contributed by atoms with van der Waals surface area (Å²) in [6.07, 6.45) is 12.0. The molecule has 2 aliphatic rings. The molecule has 0 bridgehead atoms. The lowest BCUT2D eigenvalue weighted by Crippen LogP contribution is -2.47. The first-order chi connectivity index (χ1) is 6.79. The van der Waals surface area contributed by atoms with Gasteiger partial charge in [-0.2, -0.15) is 0 Å². The maximum Gasteiger partial charge on any atom is 0.106 e. The average molecular weight is 211 g/mol. The van der Waals surface area contributed by atoms with Gasteiger partial charge in [-0.25, -0.2) is 0 Å².